The fourth-order valence-corrected chi connectivity index (χ4v) is 4.08. The lowest BCUT2D eigenvalue weighted by Gasteiger charge is -2.17. The van der Waals surface area contributed by atoms with E-state index in [1.807, 2.05) is 32.0 Å². The number of nitrogens with zero attached hydrogens (tertiary/aromatic N) is 1. The second kappa shape index (κ2) is 8.59. The van der Waals surface area contributed by atoms with Crippen LogP contribution in [0.15, 0.2) is 77.7 Å². The van der Waals surface area contributed by atoms with Crippen LogP contribution in [-0.2, 0) is 16.6 Å². The zero-order valence-electron chi connectivity index (χ0n) is 16.7. The Hall–Kier alpha value is -2.96. The molecule has 0 atom stereocenters. The summed E-state index contributed by atoms with van der Waals surface area (Å²) in [6, 6.07) is 21.0. The van der Waals surface area contributed by atoms with Crippen LogP contribution in [0, 0.1) is 13.8 Å². The van der Waals surface area contributed by atoms with E-state index in [2.05, 4.69) is 5.32 Å². The van der Waals surface area contributed by atoms with Crippen LogP contribution in [-0.4, -0.2) is 25.7 Å². The molecule has 3 aromatic rings. The van der Waals surface area contributed by atoms with Gasteiger partial charge in [0.05, 0.1) is 4.90 Å². The molecule has 0 bridgehead atoms. The van der Waals surface area contributed by atoms with Crippen LogP contribution in [0.2, 0.25) is 0 Å². The second-order valence-corrected chi connectivity index (χ2v) is 9.07. The van der Waals surface area contributed by atoms with Gasteiger partial charge < -0.3 is 5.32 Å². The van der Waals surface area contributed by atoms with Crippen LogP contribution >= 0.6 is 0 Å². The van der Waals surface area contributed by atoms with Gasteiger partial charge >= 0.3 is 0 Å². The van der Waals surface area contributed by atoms with E-state index in [4.69, 9.17) is 0 Å². The van der Waals surface area contributed by atoms with Crippen molar-refractivity contribution < 1.29 is 13.2 Å². The number of nitrogens with one attached hydrogen (secondary N) is 1. The summed E-state index contributed by atoms with van der Waals surface area (Å²) in [5, 5.41) is 2.89. The van der Waals surface area contributed by atoms with Crippen LogP contribution in [0.1, 0.15) is 27.0 Å². The topological polar surface area (TPSA) is 66.5 Å². The van der Waals surface area contributed by atoms with E-state index in [-0.39, 0.29) is 17.3 Å². The summed E-state index contributed by atoms with van der Waals surface area (Å²) in [6.45, 7) is 4.24. The molecule has 0 heterocycles. The standard InChI is InChI=1S/C23H24N2O3S/c1-17-9-14-21(15-18(17)2)24-23(26)20-12-10-19(11-13-20)16-25(3)29(27,28)22-7-5-4-6-8-22/h4-15H,16H2,1-3H3,(H,24,26). The van der Waals surface area contributed by atoms with Gasteiger partial charge in [-0.2, -0.15) is 4.31 Å². The second-order valence-electron chi connectivity index (χ2n) is 7.02. The lowest BCUT2D eigenvalue weighted by molar-refractivity contribution is 0.102. The highest BCUT2D eigenvalue weighted by Crippen LogP contribution is 2.18. The van der Waals surface area contributed by atoms with Gasteiger partial charge in [0.15, 0.2) is 0 Å². The molecule has 0 aliphatic heterocycles. The fraction of sp³-hybridized carbons (Fsp3) is 0.174. The fourth-order valence-electron chi connectivity index (χ4n) is 2.90. The molecular weight excluding hydrogens is 384 g/mol. The third-order valence-electron chi connectivity index (χ3n) is 4.84. The molecule has 0 spiro atoms. The molecule has 0 saturated heterocycles. The Kier molecular flexibility index (Phi) is 6.15. The Morgan fingerprint density at radius 3 is 2.17 bits per heavy atom. The van der Waals surface area contributed by atoms with E-state index in [0.29, 0.717) is 5.56 Å². The number of hydrogen-bond acceptors (Lipinski definition) is 3. The highest BCUT2D eigenvalue weighted by atomic mass is 32.2. The smallest absolute Gasteiger partial charge is 0.255 e. The van der Waals surface area contributed by atoms with E-state index >= 15 is 0 Å². The Balaban J connectivity index is 1.68. The van der Waals surface area contributed by atoms with Gasteiger partial charge in [0, 0.05) is 24.8 Å². The van der Waals surface area contributed by atoms with E-state index in [1.165, 1.54) is 9.87 Å². The van der Waals surface area contributed by atoms with Crippen LogP contribution in [0.5, 0.6) is 0 Å². The van der Waals surface area contributed by atoms with Crippen molar-refractivity contribution in [3.05, 3.63) is 95.1 Å². The van der Waals surface area contributed by atoms with E-state index in [0.717, 1.165) is 16.8 Å². The predicted octanol–water partition coefficient (Wildman–Crippen LogP) is 4.38. The van der Waals surface area contributed by atoms with Gasteiger partial charge in [0.25, 0.3) is 5.91 Å². The molecule has 0 radical (unpaired) electrons. The summed E-state index contributed by atoms with van der Waals surface area (Å²) in [5.41, 5.74) is 4.34. The highest BCUT2D eigenvalue weighted by Gasteiger charge is 2.20. The van der Waals surface area contributed by atoms with E-state index in [9.17, 15) is 13.2 Å². The number of sulfonamides is 1. The van der Waals surface area contributed by atoms with Gasteiger partial charge in [-0.15, -0.1) is 0 Å². The van der Waals surface area contributed by atoms with Crippen molar-refractivity contribution in [2.24, 2.45) is 0 Å². The first-order valence-corrected chi connectivity index (χ1v) is 10.7. The molecule has 0 aliphatic carbocycles. The van der Waals surface area contributed by atoms with Crippen molar-refractivity contribution in [1.29, 1.82) is 0 Å². The van der Waals surface area contributed by atoms with Gasteiger partial charge in [0.1, 0.15) is 0 Å². The van der Waals surface area contributed by atoms with Crippen molar-refractivity contribution >= 4 is 21.6 Å². The number of amides is 1. The largest absolute Gasteiger partial charge is 0.322 e. The van der Waals surface area contributed by atoms with Gasteiger partial charge in [-0.3, -0.25) is 4.79 Å². The van der Waals surface area contributed by atoms with E-state index < -0.39 is 10.0 Å². The summed E-state index contributed by atoms with van der Waals surface area (Å²) in [4.78, 5) is 12.7. The van der Waals surface area contributed by atoms with Crippen molar-refractivity contribution in [3.63, 3.8) is 0 Å². The molecule has 1 amide bonds. The van der Waals surface area contributed by atoms with Gasteiger partial charge in [-0.05, 0) is 66.9 Å². The molecule has 29 heavy (non-hydrogen) atoms. The average molecular weight is 409 g/mol. The Bertz CT molecular complexity index is 1110. The van der Waals surface area contributed by atoms with Gasteiger partial charge in [-0.1, -0.05) is 36.4 Å². The third kappa shape index (κ3) is 4.91. The maximum Gasteiger partial charge on any atom is 0.255 e. The maximum atomic E-state index is 12.6. The quantitative estimate of drug-likeness (QED) is 0.658. The number of carbonyl (C=O) groups is 1. The van der Waals surface area contributed by atoms with Crippen LogP contribution in [0.25, 0.3) is 0 Å². The number of anilines is 1. The average Bonchev–Trinajstić information content (AvgIpc) is 2.72. The normalized spacial score (nSPS) is 11.4. The SMILES string of the molecule is Cc1ccc(NC(=O)c2ccc(CN(C)S(=O)(=O)c3ccccc3)cc2)cc1C. The summed E-state index contributed by atoms with van der Waals surface area (Å²) >= 11 is 0. The Morgan fingerprint density at radius 1 is 0.897 bits per heavy atom. The zero-order valence-corrected chi connectivity index (χ0v) is 17.5. The molecule has 0 aromatic heterocycles. The monoisotopic (exact) mass is 408 g/mol. The predicted molar refractivity (Wildman–Crippen MR) is 115 cm³/mol. The van der Waals surface area contributed by atoms with Crippen molar-refractivity contribution in [1.82, 2.24) is 4.31 Å². The summed E-state index contributed by atoms with van der Waals surface area (Å²) in [7, 11) is -2.01. The molecule has 0 aliphatic rings. The number of rotatable bonds is 6. The summed E-state index contributed by atoms with van der Waals surface area (Å²) < 4.78 is 26.6. The molecule has 0 saturated carbocycles. The van der Waals surface area contributed by atoms with Gasteiger partial charge in [0.2, 0.25) is 10.0 Å². The molecule has 5 nitrogen and oxygen atoms in total. The van der Waals surface area contributed by atoms with Crippen LogP contribution < -0.4 is 5.32 Å². The number of aryl methyl sites for hydroxylation is 2. The number of hydrogen-bond donors (Lipinski definition) is 1. The summed E-state index contributed by atoms with van der Waals surface area (Å²) in [5.74, 6) is -0.204. The molecule has 3 rings (SSSR count). The number of carbonyl (C=O) groups excluding carboxylic acids is 1. The van der Waals surface area contributed by atoms with Crippen molar-refractivity contribution in [2.75, 3.05) is 12.4 Å². The third-order valence-corrected chi connectivity index (χ3v) is 6.66. The maximum absolute atomic E-state index is 12.6. The van der Waals surface area contributed by atoms with E-state index in [1.54, 1.807) is 61.6 Å². The first-order chi connectivity index (χ1) is 13.8. The molecule has 1 N–H and O–H groups in total. The Morgan fingerprint density at radius 2 is 1.55 bits per heavy atom. The van der Waals surface area contributed by atoms with Gasteiger partial charge in [-0.25, -0.2) is 8.42 Å². The highest BCUT2D eigenvalue weighted by molar-refractivity contribution is 7.89. The molecule has 0 unspecified atom stereocenters. The molecule has 3 aromatic carbocycles. The molecule has 0 fully saturated rings. The zero-order chi connectivity index (χ0) is 21.0. The first-order valence-electron chi connectivity index (χ1n) is 9.26. The first kappa shape index (κ1) is 20.8. The lowest BCUT2D eigenvalue weighted by atomic mass is 10.1. The number of benzene rings is 3. The molecule has 6 heteroatoms. The molecule has 150 valence electrons. The van der Waals surface area contributed by atoms with Crippen LogP contribution in [0.3, 0.4) is 0 Å². The summed E-state index contributed by atoms with van der Waals surface area (Å²) in [6.07, 6.45) is 0. The minimum Gasteiger partial charge on any atom is -0.322 e. The Labute approximate surface area is 172 Å². The minimum absolute atomic E-state index is 0.204. The van der Waals surface area contributed by atoms with Crippen molar-refractivity contribution in [2.45, 2.75) is 25.3 Å². The van der Waals surface area contributed by atoms with Crippen LogP contribution in [0.4, 0.5) is 5.69 Å². The minimum atomic E-state index is -3.56. The molecular formula is C23H24N2O3S. The lowest BCUT2D eigenvalue weighted by Crippen LogP contribution is -2.26. The van der Waals surface area contributed by atoms with Crippen molar-refractivity contribution in [3.8, 4) is 0 Å².